The third-order valence-electron chi connectivity index (χ3n) is 3.11. The van der Waals surface area contributed by atoms with Crippen LogP contribution in [0.15, 0.2) is 48.5 Å². The minimum Gasteiger partial charge on any atom is -0.361 e. The van der Waals surface area contributed by atoms with Gasteiger partial charge in [-0.3, -0.25) is 0 Å². The predicted octanol–water partition coefficient (Wildman–Crippen LogP) is 4.48. The molecule has 0 amide bonds. The molecule has 0 aliphatic carbocycles. The number of anilines is 1. The summed E-state index contributed by atoms with van der Waals surface area (Å²) in [5, 5.41) is 4.17. The fourth-order valence-electron chi connectivity index (χ4n) is 2.11. The third kappa shape index (κ3) is 3.14. The molecule has 1 aromatic heterocycles. The van der Waals surface area contributed by atoms with E-state index < -0.39 is 0 Å². The largest absolute Gasteiger partial charge is 0.361 e. The van der Waals surface area contributed by atoms with Crippen LogP contribution >= 0.6 is 11.3 Å². The summed E-state index contributed by atoms with van der Waals surface area (Å²) < 4.78 is 14.1. The molecule has 1 heterocycles. The van der Waals surface area contributed by atoms with E-state index in [4.69, 9.17) is 0 Å². The van der Waals surface area contributed by atoms with Crippen molar-refractivity contribution in [3.8, 4) is 0 Å². The second kappa shape index (κ2) is 6.01. The Balaban J connectivity index is 1.55. The molecule has 0 aliphatic rings. The molecule has 2 nitrogen and oxygen atoms in total. The predicted molar refractivity (Wildman–Crippen MR) is 82.8 cm³/mol. The quantitative estimate of drug-likeness (QED) is 0.699. The van der Waals surface area contributed by atoms with Crippen LogP contribution in [-0.4, -0.2) is 11.5 Å². The van der Waals surface area contributed by atoms with E-state index >= 15 is 0 Å². The van der Waals surface area contributed by atoms with E-state index in [1.807, 2.05) is 6.07 Å². The number of aromatic nitrogens is 1. The number of benzene rings is 2. The minimum atomic E-state index is -0.238. The van der Waals surface area contributed by atoms with Crippen LogP contribution in [0.2, 0.25) is 0 Å². The van der Waals surface area contributed by atoms with Crippen LogP contribution in [0.5, 0.6) is 0 Å². The summed E-state index contributed by atoms with van der Waals surface area (Å²) >= 11 is 1.56. The standard InChI is InChI=1S/C16H15FN2S/c17-13-8-9-15-14(11-13)19-16(20-15)18-10-4-7-12-5-2-1-3-6-12/h1-3,5-6,8-9,11H,4,7,10H2,(H,18,19). The van der Waals surface area contributed by atoms with Crippen molar-refractivity contribution in [2.75, 3.05) is 11.9 Å². The summed E-state index contributed by atoms with van der Waals surface area (Å²) in [5.74, 6) is -0.238. The number of hydrogen-bond donors (Lipinski definition) is 1. The summed E-state index contributed by atoms with van der Waals surface area (Å²) in [6.45, 7) is 0.872. The van der Waals surface area contributed by atoms with E-state index in [-0.39, 0.29) is 5.82 Å². The normalized spacial score (nSPS) is 10.8. The maximum absolute atomic E-state index is 13.1. The Kier molecular flexibility index (Phi) is 3.92. The number of halogens is 1. The van der Waals surface area contributed by atoms with Crippen LogP contribution in [-0.2, 0) is 6.42 Å². The molecule has 0 unspecified atom stereocenters. The van der Waals surface area contributed by atoms with Crippen LogP contribution in [0, 0.1) is 5.82 Å². The van der Waals surface area contributed by atoms with Gasteiger partial charge in [0.05, 0.1) is 10.2 Å². The molecule has 0 spiro atoms. The lowest BCUT2D eigenvalue weighted by Gasteiger charge is -2.02. The lowest BCUT2D eigenvalue weighted by molar-refractivity contribution is 0.629. The van der Waals surface area contributed by atoms with Crippen molar-refractivity contribution in [2.45, 2.75) is 12.8 Å². The Morgan fingerprint density at radius 3 is 2.80 bits per heavy atom. The lowest BCUT2D eigenvalue weighted by Crippen LogP contribution is -2.02. The number of thiazole rings is 1. The number of hydrogen-bond acceptors (Lipinski definition) is 3. The molecule has 3 rings (SSSR count). The van der Waals surface area contributed by atoms with Crippen LogP contribution in [0.4, 0.5) is 9.52 Å². The maximum Gasteiger partial charge on any atom is 0.183 e. The van der Waals surface area contributed by atoms with Gasteiger partial charge in [-0.15, -0.1) is 0 Å². The summed E-state index contributed by atoms with van der Waals surface area (Å²) in [6, 6.07) is 15.1. The summed E-state index contributed by atoms with van der Waals surface area (Å²) in [5.41, 5.74) is 2.07. The SMILES string of the molecule is Fc1ccc2sc(NCCCc3ccccc3)nc2c1. The van der Waals surface area contributed by atoms with E-state index in [0.717, 1.165) is 34.7 Å². The topological polar surface area (TPSA) is 24.9 Å². The molecule has 0 saturated heterocycles. The number of nitrogens with zero attached hydrogens (tertiary/aromatic N) is 1. The van der Waals surface area contributed by atoms with Crippen molar-refractivity contribution in [1.82, 2.24) is 4.98 Å². The van der Waals surface area contributed by atoms with Gasteiger partial charge in [-0.2, -0.15) is 0 Å². The van der Waals surface area contributed by atoms with E-state index in [2.05, 4.69) is 34.6 Å². The highest BCUT2D eigenvalue weighted by Crippen LogP contribution is 2.26. The molecular formula is C16H15FN2S. The average Bonchev–Trinajstić information content (AvgIpc) is 2.86. The Hall–Kier alpha value is -1.94. The molecular weight excluding hydrogens is 271 g/mol. The van der Waals surface area contributed by atoms with Crippen LogP contribution in [0.1, 0.15) is 12.0 Å². The first-order chi connectivity index (χ1) is 9.81. The highest BCUT2D eigenvalue weighted by Gasteiger charge is 2.04. The monoisotopic (exact) mass is 286 g/mol. The highest BCUT2D eigenvalue weighted by atomic mass is 32.1. The Labute approximate surface area is 121 Å². The second-order valence-electron chi connectivity index (χ2n) is 4.65. The molecule has 102 valence electrons. The zero-order valence-electron chi connectivity index (χ0n) is 11.0. The lowest BCUT2D eigenvalue weighted by atomic mass is 10.1. The van der Waals surface area contributed by atoms with Crippen LogP contribution < -0.4 is 5.32 Å². The Morgan fingerprint density at radius 2 is 1.95 bits per heavy atom. The van der Waals surface area contributed by atoms with Crippen molar-refractivity contribution < 1.29 is 4.39 Å². The Morgan fingerprint density at radius 1 is 1.10 bits per heavy atom. The zero-order valence-corrected chi connectivity index (χ0v) is 11.8. The van der Waals surface area contributed by atoms with Gasteiger partial charge in [-0.1, -0.05) is 41.7 Å². The molecule has 0 atom stereocenters. The molecule has 0 radical (unpaired) electrons. The molecule has 2 aromatic carbocycles. The summed E-state index contributed by atoms with van der Waals surface area (Å²) in [4.78, 5) is 4.39. The van der Waals surface area contributed by atoms with E-state index in [1.165, 1.54) is 17.7 Å². The van der Waals surface area contributed by atoms with Gasteiger partial charge in [0.1, 0.15) is 5.82 Å². The van der Waals surface area contributed by atoms with Gasteiger partial charge in [0.25, 0.3) is 0 Å². The first kappa shape index (κ1) is 13.1. The third-order valence-corrected chi connectivity index (χ3v) is 4.11. The molecule has 0 saturated carbocycles. The molecule has 3 aromatic rings. The van der Waals surface area contributed by atoms with Crippen molar-refractivity contribution in [1.29, 1.82) is 0 Å². The minimum absolute atomic E-state index is 0.238. The molecule has 1 N–H and O–H groups in total. The highest BCUT2D eigenvalue weighted by molar-refractivity contribution is 7.22. The number of aryl methyl sites for hydroxylation is 1. The van der Waals surface area contributed by atoms with Gasteiger partial charge in [0.15, 0.2) is 5.13 Å². The van der Waals surface area contributed by atoms with Crippen molar-refractivity contribution in [3.63, 3.8) is 0 Å². The number of rotatable bonds is 5. The number of nitrogens with one attached hydrogen (secondary N) is 1. The van der Waals surface area contributed by atoms with Gasteiger partial charge in [-0.05, 0) is 30.5 Å². The van der Waals surface area contributed by atoms with E-state index in [9.17, 15) is 4.39 Å². The van der Waals surface area contributed by atoms with Gasteiger partial charge < -0.3 is 5.32 Å². The van der Waals surface area contributed by atoms with Gasteiger partial charge in [0, 0.05) is 12.6 Å². The molecule has 20 heavy (non-hydrogen) atoms. The average molecular weight is 286 g/mol. The molecule has 4 heteroatoms. The molecule has 0 fully saturated rings. The first-order valence-corrected chi connectivity index (χ1v) is 7.47. The van der Waals surface area contributed by atoms with Crippen molar-refractivity contribution in [2.24, 2.45) is 0 Å². The smallest absolute Gasteiger partial charge is 0.183 e. The maximum atomic E-state index is 13.1. The molecule has 0 bridgehead atoms. The number of fused-ring (bicyclic) bond motifs is 1. The second-order valence-corrected chi connectivity index (χ2v) is 5.68. The summed E-state index contributed by atoms with van der Waals surface area (Å²) in [7, 11) is 0. The molecule has 0 aliphatic heterocycles. The van der Waals surface area contributed by atoms with Crippen LogP contribution in [0.3, 0.4) is 0 Å². The van der Waals surface area contributed by atoms with E-state index in [0.29, 0.717) is 0 Å². The van der Waals surface area contributed by atoms with E-state index in [1.54, 1.807) is 17.4 Å². The van der Waals surface area contributed by atoms with Gasteiger partial charge >= 0.3 is 0 Å². The Bertz CT molecular complexity index is 694. The van der Waals surface area contributed by atoms with Gasteiger partial charge in [0.2, 0.25) is 0 Å². The van der Waals surface area contributed by atoms with Crippen molar-refractivity contribution >= 4 is 26.7 Å². The van der Waals surface area contributed by atoms with Crippen LogP contribution in [0.25, 0.3) is 10.2 Å². The summed E-state index contributed by atoms with van der Waals surface area (Å²) in [6.07, 6.45) is 2.10. The fourth-order valence-corrected chi connectivity index (χ4v) is 2.98. The fraction of sp³-hybridized carbons (Fsp3) is 0.188. The first-order valence-electron chi connectivity index (χ1n) is 6.65. The van der Waals surface area contributed by atoms with Crippen molar-refractivity contribution in [3.05, 3.63) is 59.9 Å². The van der Waals surface area contributed by atoms with Gasteiger partial charge in [-0.25, -0.2) is 9.37 Å². The zero-order chi connectivity index (χ0) is 13.8.